The molecular formula is C18H15ClF3N3O2S. The Hall–Kier alpha value is -2.36. The van der Waals surface area contributed by atoms with Crippen LogP contribution in [0, 0.1) is 17.5 Å². The van der Waals surface area contributed by atoms with Gasteiger partial charge in [-0.3, -0.25) is 0 Å². The summed E-state index contributed by atoms with van der Waals surface area (Å²) in [4.78, 5) is 6.88. The summed E-state index contributed by atoms with van der Waals surface area (Å²) in [5.74, 6) is -3.45. The molecule has 2 aromatic carbocycles. The van der Waals surface area contributed by atoms with E-state index in [-0.39, 0.29) is 21.4 Å². The molecule has 148 valence electrons. The molecule has 0 aliphatic heterocycles. The van der Waals surface area contributed by atoms with Gasteiger partial charge in [0, 0.05) is 20.3 Å². The Kier molecular flexibility index (Phi) is 5.51. The predicted octanol–water partition coefficient (Wildman–Crippen LogP) is 3.91. The molecule has 28 heavy (non-hydrogen) atoms. The third-order valence-corrected chi connectivity index (χ3v) is 6.14. The van der Waals surface area contributed by atoms with Crippen LogP contribution in [0.3, 0.4) is 0 Å². The van der Waals surface area contributed by atoms with Gasteiger partial charge in [-0.15, -0.1) is 0 Å². The van der Waals surface area contributed by atoms with Gasteiger partial charge in [-0.05, 0) is 35.4 Å². The van der Waals surface area contributed by atoms with Gasteiger partial charge in [0.1, 0.15) is 11.6 Å². The number of H-pyrrole nitrogens is 1. The summed E-state index contributed by atoms with van der Waals surface area (Å²) < 4.78 is 66.4. The van der Waals surface area contributed by atoms with E-state index in [0.29, 0.717) is 5.56 Å². The van der Waals surface area contributed by atoms with Crippen molar-refractivity contribution >= 4 is 21.6 Å². The zero-order chi connectivity index (χ0) is 20.6. The number of hydrogen-bond acceptors (Lipinski definition) is 3. The Bertz CT molecular complexity index is 1080. The molecule has 5 nitrogen and oxygen atoms in total. The summed E-state index contributed by atoms with van der Waals surface area (Å²) in [7, 11) is -1.10. The number of benzene rings is 2. The molecule has 10 heteroatoms. The van der Waals surface area contributed by atoms with Gasteiger partial charge in [-0.1, -0.05) is 23.7 Å². The van der Waals surface area contributed by atoms with Gasteiger partial charge in [0.2, 0.25) is 0 Å². The second kappa shape index (κ2) is 7.57. The quantitative estimate of drug-likeness (QED) is 0.668. The minimum Gasteiger partial charge on any atom is -0.347 e. The first-order chi connectivity index (χ1) is 13.1. The molecule has 1 unspecified atom stereocenters. The van der Waals surface area contributed by atoms with Gasteiger partial charge in [-0.2, -0.15) is 0 Å². The van der Waals surface area contributed by atoms with Crippen molar-refractivity contribution in [3.8, 4) is 0 Å². The highest BCUT2D eigenvalue weighted by Crippen LogP contribution is 2.33. The highest BCUT2D eigenvalue weighted by atomic mass is 35.5. The van der Waals surface area contributed by atoms with E-state index in [9.17, 15) is 21.6 Å². The normalized spacial score (nSPS) is 13.1. The van der Waals surface area contributed by atoms with Gasteiger partial charge < -0.3 is 4.98 Å². The monoisotopic (exact) mass is 429 g/mol. The minimum atomic E-state index is -3.81. The maximum absolute atomic E-state index is 13.8. The molecule has 0 radical (unpaired) electrons. The van der Waals surface area contributed by atoms with Crippen LogP contribution < -0.4 is 0 Å². The lowest BCUT2D eigenvalue weighted by Crippen LogP contribution is -2.22. The second-order valence-corrected chi connectivity index (χ2v) is 8.70. The van der Waals surface area contributed by atoms with Gasteiger partial charge in [0.25, 0.3) is 10.0 Å². The molecule has 1 N–H and O–H groups in total. The molecule has 3 aromatic rings. The standard InChI is InChI=1S/C18H15ClF3N3O2S/c1-25(2)28(26,27)16-9-23-18(24-16)17(10-3-5-13(20)12(19)7-10)11-4-6-14(21)15(22)8-11/h3-9,17H,1-2H3,(H,23,24). The van der Waals surface area contributed by atoms with Crippen LogP contribution in [0.15, 0.2) is 47.6 Å². The van der Waals surface area contributed by atoms with Crippen LogP contribution in [-0.2, 0) is 10.0 Å². The number of sulfonamides is 1. The maximum Gasteiger partial charge on any atom is 0.261 e. The van der Waals surface area contributed by atoms with Crippen LogP contribution >= 0.6 is 11.6 Å². The highest BCUT2D eigenvalue weighted by molar-refractivity contribution is 7.89. The number of aromatic nitrogens is 2. The minimum absolute atomic E-state index is 0.147. The molecule has 0 aliphatic carbocycles. The summed E-state index contributed by atoms with van der Waals surface area (Å²) in [6.07, 6.45) is 1.20. The molecule has 0 amide bonds. The number of aromatic amines is 1. The number of nitrogens with zero attached hydrogens (tertiary/aromatic N) is 2. The fourth-order valence-corrected chi connectivity index (χ4v) is 3.66. The smallest absolute Gasteiger partial charge is 0.261 e. The van der Waals surface area contributed by atoms with E-state index in [1.807, 2.05) is 0 Å². The second-order valence-electron chi connectivity index (χ2n) is 6.19. The van der Waals surface area contributed by atoms with E-state index in [0.717, 1.165) is 22.5 Å². The Morgan fingerprint density at radius 2 is 1.61 bits per heavy atom. The molecule has 0 saturated heterocycles. The van der Waals surface area contributed by atoms with E-state index >= 15 is 0 Å². The first kappa shape index (κ1) is 20.4. The zero-order valence-electron chi connectivity index (χ0n) is 14.7. The molecule has 3 rings (SSSR count). The first-order valence-electron chi connectivity index (χ1n) is 7.99. The van der Waals surface area contributed by atoms with Crippen LogP contribution in [0.25, 0.3) is 0 Å². The number of halogens is 4. The van der Waals surface area contributed by atoms with E-state index in [1.165, 1.54) is 38.5 Å². The lowest BCUT2D eigenvalue weighted by molar-refractivity contribution is 0.506. The van der Waals surface area contributed by atoms with E-state index in [1.54, 1.807) is 0 Å². The predicted molar refractivity (Wildman–Crippen MR) is 98.2 cm³/mol. The SMILES string of the molecule is CN(C)S(=O)(=O)c1c[nH]c(C(c2ccc(F)c(F)c2)c2ccc(F)c(Cl)c2)n1. The number of imidazole rings is 1. The van der Waals surface area contributed by atoms with Crippen molar-refractivity contribution in [3.63, 3.8) is 0 Å². The van der Waals surface area contributed by atoms with Gasteiger partial charge >= 0.3 is 0 Å². The van der Waals surface area contributed by atoms with Crippen LogP contribution in [0.5, 0.6) is 0 Å². The van der Waals surface area contributed by atoms with Gasteiger partial charge in [0.15, 0.2) is 16.7 Å². The Labute approximate surface area is 164 Å². The molecular weight excluding hydrogens is 415 g/mol. The van der Waals surface area contributed by atoms with E-state index in [2.05, 4.69) is 9.97 Å². The largest absolute Gasteiger partial charge is 0.347 e. The van der Waals surface area contributed by atoms with Crippen molar-refractivity contribution in [2.24, 2.45) is 0 Å². The Balaban J connectivity index is 2.18. The van der Waals surface area contributed by atoms with E-state index in [4.69, 9.17) is 11.6 Å². The summed E-state index contributed by atoms with van der Waals surface area (Å²) in [5, 5.41) is -0.411. The Morgan fingerprint density at radius 3 is 2.18 bits per heavy atom. The number of rotatable bonds is 5. The van der Waals surface area contributed by atoms with Crippen molar-refractivity contribution < 1.29 is 21.6 Å². The van der Waals surface area contributed by atoms with Crippen molar-refractivity contribution in [1.82, 2.24) is 14.3 Å². The highest BCUT2D eigenvalue weighted by Gasteiger charge is 2.26. The number of nitrogens with one attached hydrogen (secondary N) is 1. The molecule has 1 aromatic heterocycles. The molecule has 0 bridgehead atoms. The third-order valence-electron chi connectivity index (χ3n) is 4.15. The topological polar surface area (TPSA) is 66.1 Å². The lowest BCUT2D eigenvalue weighted by atomic mass is 9.90. The van der Waals surface area contributed by atoms with Crippen molar-refractivity contribution in [2.45, 2.75) is 10.9 Å². The van der Waals surface area contributed by atoms with Crippen LogP contribution in [0.4, 0.5) is 13.2 Å². The summed E-state index contributed by atoms with van der Waals surface area (Å²) in [6.45, 7) is 0. The molecule has 0 aliphatic rings. The van der Waals surface area contributed by atoms with Crippen molar-refractivity contribution in [2.75, 3.05) is 14.1 Å². The molecule has 0 fully saturated rings. The molecule has 0 spiro atoms. The molecule has 1 heterocycles. The Morgan fingerprint density at radius 1 is 1.00 bits per heavy atom. The maximum atomic E-state index is 13.8. The van der Waals surface area contributed by atoms with Gasteiger partial charge in [-0.25, -0.2) is 30.9 Å². The van der Waals surface area contributed by atoms with Gasteiger partial charge in [0.05, 0.1) is 10.9 Å². The van der Waals surface area contributed by atoms with Crippen molar-refractivity contribution in [1.29, 1.82) is 0 Å². The van der Waals surface area contributed by atoms with E-state index < -0.39 is 33.4 Å². The number of hydrogen-bond donors (Lipinski definition) is 1. The fourth-order valence-electron chi connectivity index (χ4n) is 2.68. The first-order valence-corrected chi connectivity index (χ1v) is 9.81. The summed E-state index contributed by atoms with van der Waals surface area (Å²) >= 11 is 5.87. The summed E-state index contributed by atoms with van der Waals surface area (Å²) in [6, 6.07) is 7.12. The van der Waals surface area contributed by atoms with Crippen LogP contribution in [0.1, 0.15) is 22.9 Å². The summed E-state index contributed by atoms with van der Waals surface area (Å²) in [5.41, 5.74) is 0.699. The lowest BCUT2D eigenvalue weighted by Gasteiger charge is -2.17. The van der Waals surface area contributed by atoms with Crippen LogP contribution in [-0.4, -0.2) is 36.8 Å². The zero-order valence-corrected chi connectivity index (χ0v) is 16.3. The average Bonchev–Trinajstić information content (AvgIpc) is 3.11. The third kappa shape index (κ3) is 3.78. The average molecular weight is 430 g/mol. The molecule has 1 atom stereocenters. The van der Waals surface area contributed by atoms with Crippen LogP contribution in [0.2, 0.25) is 5.02 Å². The fraction of sp³-hybridized carbons (Fsp3) is 0.167. The van der Waals surface area contributed by atoms with Crippen molar-refractivity contribution in [3.05, 3.63) is 82.0 Å². The molecule has 0 saturated carbocycles.